The van der Waals surface area contributed by atoms with Crippen LogP contribution in [0.15, 0.2) is 30.3 Å². The predicted molar refractivity (Wildman–Crippen MR) is 48.8 cm³/mol. The number of carbonyl (C=O) groups is 1. The Bertz CT molecular complexity index is 314. The van der Waals surface area contributed by atoms with Crippen LogP contribution in [0.4, 0.5) is 8.78 Å². The maximum Gasteiger partial charge on any atom is 0.337 e. The summed E-state index contributed by atoms with van der Waals surface area (Å²) in [6.07, 6.45) is -4.00. The van der Waals surface area contributed by atoms with E-state index in [4.69, 9.17) is 5.11 Å². The summed E-state index contributed by atoms with van der Waals surface area (Å²) in [4.78, 5) is 10.7. The SMILES string of the molecule is O=C(O)C(OCC(F)F)c1ccccc1. The largest absolute Gasteiger partial charge is 0.479 e. The Hall–Kier alpha value is -1.49. The van der Waals surface area contributed by atoms with Gasteiger partial charge in [0.2, 0.25) is 0 Å². The Morgan fingerprint density at radius 1 is 1.33 bits per heavy atom. The smallest absolute Gasteiger partial charge is 0.337 e. The number of hydrogen-bond donors (Lipinski definition) is 1. The maximum absolute atomic E-state index is 11.9. The van der Waals surface area contributed by atoms with E-state index < -0.39 is 25.1 Å². The van der Waals surface area contributed by atoms with Gasteiger partial charge in [0.25, 0.3) is 6.43 Å². The van der Waals surface area contributed by atoms with Crippen LogP contribution in [0.1, 0.15) is 11.7 Å². The van der Waals surface area contributed by atoms with Crippen LogP contribution in [0.3, 0.4) is 0 Å². The molecule has 1 aromatic carbocycles. The van der Waals surface area contributed by atoms with Crippen molar-refractivity contribution in [3.63, 3.8) is 0 Å². The monoisotopic (exact) mass is 216 g/mol. The standard InChI is InChI=1S/C10H10F2O3/c11-8(12)6-15-9(10(13)14)7-4-2-1-3-5-7/h1-5,8-9H,6H2,(H,13,14). The number of ether oxygens (including phenoxy) is 1. The Kier molecular flexibility index (Phi) is 4.17. The number of carboxylic acid groups (broad SMARTS) is 1. The average molecular weight is 216 g/mol. The van der Waals surface area contributed by atoms with Crippen LogP contribution in [-0.4, -0.2) is 24.1 Å². The predicted octanol–water partition coefficient (Wildman–Crippen LogP) is 2.09. The van der Waals surface area contributed by atoms with Crippen LogP contribution in [0.25, 0.3) is 0 Å². The molecule has 1 aromatic rings. The molecule has 0 saturated heterocycles. The van der Waals surface area contributed by atoms with Crippen LogP contribution in [0.5, 0.6) is 0 Å². The number of aliphatic carboxylic acids is 1. The lowest BCUT2D eigenvalue weighted by Crippen LogP contribution is -2.18. The van der Waals surface area contributed by atoms with Gasteiger partial charge in [-0.1, -0.05) is 30.3 Å². The van der Waals surface area contributed by atoms with E-state index in [1.165, 1.54) is 12.1 Å². The first-order valence-electron chi connectivity index (χ1n) is 4.28. The molecule has 0 aliphatic carbocycles. The van der Waals surface area contributed by atoms with Gasteiger partial charge in [-0.3, -0.25) is 0 Å². The third kappa shape index (κ3) is 3.63. The molecule has 82 valence electrons. The molecule has 0 bridgehead atoms. The van der Waals surface area contributed by atoms with Gasteiger partial charge in [0.15, 0.2) is 6.10 Å². The van der Waals surface area contributed by atoms with Gasteiger partial charge in [0.05, 0.1) is 0 Å². The van der Waals surface area contributed by atoms with Crippen molar-refractivity contribution in [2.24, 2.45) is 0 Å². The topological polar surface area (TPSA) is 46.5 Å². The molecule has 1 N–H and O–H groups in total. The molecule has 1 atom stereocenters. The molecule has 3 nitrogen and oxygen atoms in total. The summed E-state index contributed by atoms with van der Waals surface area (Å²) >= 11 is 0. The molecule has 5 heteroatoms. The van der Waals surface area contributed by atoms with Gasteiger partial charge in [-0.15, -0.1) is 0 Å². The summed E-state index contributed by atoms with van der Waals surface area (Å²) in [5, 5.41) is 8.77. The molecule has 15 heavy (non-hydrogen) atoms. The van der Waals surface area contributed by atoms with Crippen molar-refractivity contribution in [3.05, 3.63) is 35.9 Å². The summed E-state index contributed by atoms with van der Waals surface area (Å²) in [6, 6.07) is 7.98. The van der Waals surface area contributed by atoms with E-state index in [1.54, 1.807) is 18.2 Å². The van der Waals surface area contributed by atoms with E-state index >= 15 is 0 Å². The summed E-state index contributed by atoms with van der Waals surface area (Å²) in [6.45, 7) is -0.883. The quantitative estimate of drug-likeness (QED) is 0.819. The van der Waals surface area contributed by atoms with Crippen LogP contribution >= 0.6 is 0 Å². The minimum atomic E-state index is -2.67. The highest BCUT2D eigenvalue weighted by molar-refractivity contribution is 5.74. The Balaban J connectivity index is 2.71. The first kappa shape index (κ1) is 11.6. The van der Waals surface area contributed by atoms with Gasteiger partial charge in [0, 0.05) is 0 Å². The van der Waals surface area contributed by atoms with E-state index in [0.29, 0.717) is 5.56 Å². The van der Waals surface area contributed by atoms with Gasteiger partial charge >= 0.3 is 5.97 Å². The van der Waals surface area contributed by atoms with E-state index in [2.05, 4.69) is 4.74 Å². The van der Waals surface area contributed by atoms with E-state index in [9.17, 15) is 13.6 Å². The lowest BCUT2D eigenvalue weighted by atomic mass is 10.1. The Morgan fingerprint density at radius 2 is 1.93 bits per heavy atom. The molecule has 1 unspecified atom stereocenters. The van der Waals surface area contributed by atoms with Crippen molar-refractivity contribution in [3.8, 4) is 0 Å². The summed E-state index contributed by atoms with van der Waals surface area (Å²) < 4.78 is 28.3. The van der Waals surface area contributed by atoms with Gasteiger partial charge in [0.1, 0.15) is 6.61 Å². The average Bonchev–Trinajstić information content (AvgIpc) is 2.18. The molecule has 0 aliphatic rings. The highest BCUT2D eigenvalue weighted by Crippen LogP contribution is 2.17. The normalized spacial score (nSPS) is 12.7. The first-order chi connectivity index (χ1) is 7.11. The van der Waals surface area contributed by atoms with Gasteiger partial charge < -0.3 is 9.84 Å². The number of alkyl halides is 2. The second kappa shape index (κ2) is 5.41. The second-order valence-electron chi connectivity index (χ2n) is 2.85. The highest BCUT2D eigenvalue weighted by Gasteiger charge is 2.21. The molecule has 0 heterocycles. The number of halogens is 2. The van der Waals surface area contributed by atoms with Crippen molar-refractivity contribution >= 4 is 5.97 Å². The zero-order chi connectivity index (χ0) is 11.3. The molecule has 0 amide bonds. The fourth-order valence-electron chi connectivity index (χ4n) is 1.11. The molecule has 1 rings (SSSR count). The molecular weight excluding hydrogens is 206 g/mol. The van der Waals surface area contributed by atoms with Gasteiger partial charge in [-0.05, 0) is 5.56 Å². The molecule has 0 spiro atoms. The molecule has 0 aliphatic heterocycles. The molecule has 0 saturated carbocycles. The lowest BCUT2D eigenvalue weighted by molar-refractivity contribution is -0.153. The number of carboxylic acids is 1. The maximum atomic E-state index is 11.9. The van der Waals surface area contributed by atoms with Crippen LogP contribution in [0, 0.1) is 0 Å². The minimum Gasteiger partial charge on any atom is -0.479 e. The highest BCUT2D eigenvalue weighted by atomic mass is 19.3. The minimum absolute atomic E-state index is 0.352. The van der Waals surface area contributed by atoms with Crippen molar-refractivity contribution in [2.45, 2.75) is 12.5 Å². The fraction of sp³-hybridized carbons (Fsp3) is 0.300. The van der Waals surface area contributed by atoms with Crippen molar-refractivity contribution in [2.75, 3.05) is 6.61 Å². The van der Waals surface area contributed by atoms with E-state index in [0.717, 1.165) is 0 Å². The number of benzene rings is 1. The molecule has 0 aromatic heterocycles. The van der Waals surface area contributed by atoms with Crippen molar-refractivity contribution in [1.29, 1.82) is 0 Å². The van der Waals surface area contributed by atoms with Crippen LogP contribution in [0.2, 0.25) is 0 Å². The molecular formula is C10H10F2O3. The Morgan fingerprint density at radius 3 is 2.40 bits per heavy atom. The van der Waals surface area contributed by atoms with Crippen LogP contribution in [-0.2, 0) is 9.53 Å². The zero-order valence-corrected chi connectivity index (χ0v) is 7.77. The molecule has 0 radical (unpaired) electrons. The van der Waals surface area contributed by atoms with Gasteiger partial charge in [-0.25, -0.2) is 13.6 Å². The molecule has 0 fully saturated rings. The van der Waals surface area contributed by atoms with Crippen molar-refractivity contribution < 1.29 is 23.4 Å². The summed E-state index contributed by atoms with van der Waals surface area (Å²) in [7, 11) is 0. The summed E-state index contributed by atoms with van der Waals surface area (Å²) in [5.41, 5.74) is 0.352. The van der Waals surface area contributed by atoms with Crippen molar-refractivity contribution in [1.82, 2.24) is 0 Å². The fourth-order valence-corrected chi connectivity index (χ4v) is 1.11. The second-order valence-corrected chi connectivity index (χ2v) is 2.85. The Labute approximate surface area is 85.3 Å². The third-order valence-corrected chi connectivity index (χ3v) is 1.72. The third-order valence-electron chi connectivity index (χ3n) is 1.72. The van der Waals surface area contributed by atoms with Gasteiger partial charge in [-0.2, -0.15) is 0 Å². The number of rotatable bonds is 5. The van der Waals surface area contributed by atoms with E-state index in [1.807, 2.05) is 0 Å². The first-order valence-corrected chi connectivity index (χ1v) is 4.28. The van der Waals surface area contributed by atoms with Crippen LogP contribution < -0.4 is 0 Å². The van der Waals surface area contributed by atoms with E-state index in [-0.39, 0.29) is 0 Å². The zero-order valence-electron chi connectivity index (χ0n) is 7.77. The lowest BCUT2D eigenvalue weighted by Gasteiger charge is -2.13. The number of hydrogen-bond acceptors (Lipinski definition) is 2. The summed E-state index contributed by atoms with van der Waals surface area (Å²) in [5.74, 6) is -1.28.